The van der Waals surface area contributed by atoms with Gasteiger partial charge in [0, 0.05) is 5.92 Å². The molecule has 0 aromatic heterocycles. The van der Waals surface area contributed by atoms with Crippen molar-refractivity contribution in [1.29, 1.82) is 0 Å². The molecule has 2 heteroatoms. The fraction of sp³-hybridized carbons (Fsp3) is 0.417. The predicted molar refractivity (Wildman–Crippen MR) is 55.5 cm³/mol. The van der Waals surface area contributed by atoms with Crippen molar-refractivity contribution < 1.29 is 9.53 Å². The van der Waals surface area contributed by atoms with Crippen LogP contribution in [0.1, 0.15) is 25.7 Å². The molecule has 0 fully saturated rings. The quantitative estimate of drug-likeness (QED) is 0.379. The number of carbonyl (C=O) groups is 1. The largest absolute Gasteiger partial charge is 0.449 e. The highest BCUT2D eigenvalue weighted by atomic mass is 16.5. The second-order valence-electron chi connectivity index (χ2n) is 3.28. The van der Waals surface area contributed by atoms with E-state index in [2.05, 4.69) is 6.58 Å². The summed E-state index contributed by atoms with van der Waals surface area (Å²) in [6, 6.07) is 0. The highest BCUT2D eigenvalue weighted by Crippen LogP contribution is 2.20. The highest BCUT2D eigenvalue weighted by Gasteiger charge is 2.13. The Kier molecular flexibility index (Phi) is 4.00. The predicted octanol–water partition coefficient (Wildman–Crippen LogP) is 2.22. The molecule has 0 bridgehead atoms. The molecule has 0 saturated heterocycles. The third kappa shape index (κ3) is 3.10. The Bertz CT molecular complexity index is 294. The van der Waals surface area contributed by atoms with Crippen molar-refractivity contribution in [2.24, 2.45) is 0 Å². The third-order valence-corrected chi connectivity index (χ3v) is 2.24. The van der Waals surface area contributed by atoms with Crippen LogP contribution in [0, 0.1) is 12.3 Å². The Morgan fingerprint density at radius 2 is 2.50 bits per heavy atom. The lowest BCUT2D eigenvalue weighted by atomic mass is 10.1. The first-order chi connectivity index (χ1) is 6.76. The molecule has 0 spiro atoms. The van der Waals surface area contributed by atoms with Gasteiger partial charge >= 0.3 is 5.97 Å². The molecule has 0 saturated carbocycles. The maximum Gasteiger partial charge on any atom is 0.384 e. The Morgan fingerprint density at radius 3 is 3.14 bits per heavy atom. The van der Waals surface area contributed by atoms with Crippen LogP contribution >= 0.6 is 0 Å². The van der Waals surface area contributed by atoms with E-state index in [-0.39, 0.29) is 6.10 Å². The van der Waals surface area contributed by atoms with Crippen LogP contribution in [0.5, 0.6) is 0 Å². The molecule has 0 amide bonds. The van der Waals surface area contributed by atoms with E-state index < -0.39 is 5.97 Å². The van der Waals surface area contributed by atoms with E-state index in [1.807, 2.05) is 18.1 Å². The summed E-state index contributed by atoms with van der Waals surface area (Å²) in [4.78, 5) is 10.9. The number of terminal acetylenes is 1. The Morgan fingerprint density at radius 1 is 1.71 bits per heavy atom. The van der Waals surface area contributed by atoms with E-state index in [9.17, 15) is 4.79 Å². The summed E-state index contributed by atoms with van der Waals surface area (Å²) < 4.78 is 5.05. The zero-order valence-electron chi connectivity index (χ0n) is 8.16. The monoisotopic (exact) mass is 190 g/mol. The normalized spacial score (nSPS) is 21.4. The number of carbonyl (C=O) groups excluding carboxylic acids is 1. The van der Waals surface area contributed by atoms with Crippen molar-refractivity contribution in [3.63, 3.8) is 0 Å². The van der Waals surface area contributed by atoms with Gasteiger partial charge in [0.2, 0.25) is 0 Å². The summed E-state index contributed by atoms with van der Waals surface area (Å²) >= 11 is 0. The highest BCUT2D eigenvalue weighted by molar-refractivity contribution is 5.87. The van der Waals surface area contributed by atoms with Crippen molar-refractivity contribution in [3.8, 4) is 12.3 Å². The van der Waals surface area contributed by atoms with Gasteiger partial charge < -0.3 is 4.74 Å². The number of hydrogen-bond acceptors (Lipinski definition) is 2. The SMILES string of the molecule is C#CC(=O)OC1C=C(C=C)CCCC1. The lowest BCUT2D eigenvalue weighted by molar-refractivity contribution is -0.140. The average molecular weight is 190 g/mol. The molecule has 1 rings (SSSR count). The lowest BCUT2D eigenvalue weighted by Gasteiger charge is -2.10. The molecule has 1 aliphatic carbocycles. The van der Waals surface area contributed by atoms with Crippen LogP contribution in [0.2, 0.25) is 0 Å². The van der Waals surface area contributed by atoms with E-state index in [1.54, 1.807) is 0 Å². The number of ether oxygens (including phenoxy) is 1. The fourth-order valence-corrected chi connectivity index (χ4v) is 1.51. The molecular formula is C12H14O2. The van der Waals surface area contributed by atoms with Gasteiger partial charge in [0.15, 0.2) is 0 Å². The van der Waals surface area contributed by atoms with Crippen LogP contribution in [0.15, 0.2) is 24.3 Å². The molecule has 74 valence electrons. The molecule has 1 aliphatic rings. The van der Waals surface area contributed by atoms with Crippen LogP contribution in [-0.2, 0) is 9.53 Å². The second kappa shape index (κ2) is 5.29. The summed E-state index contributed by atoms with van der Waals surface area (Å²) in [6.07, 6.45) is 12.5. The van der Waals surface area contributed by atoms with E-state index in [1.165, 1.54) is 0 Å². The molecule has 0 radical (unpaired) electrons. The second-order valence-corrected chi connectivity index (χ2v) is 3.28. The molecular weight excluding hydrogens is 176 g/mol. The zero-order valence-corrected chi connectivity index (χ0v) is 8.16. The van der Waals surface area contributed by atoms with Gasteiger partial charge in [-0.1, -0.05) is 12.7 Å². The van der Waals surface area contributed by atoms with E-state index >= 15 is 0 Å². The van der Waals surface area contributed by atoms with Crippen molar-refractivity contribution in [2.45, 2.75) is 31.8 Å². The van der Waals surface area contributed by atoms with Gasteiger partial charge in [-0.15, -0.1) is 6.42 Å². The minimum absolute atomic E-state index is 0.172. The standard InChI is InChI=1S/C12H14O2/c1-3-10-7-5-6-8-11(9-10)14-12(13)4-2/h2-3,9,11H,1,5-8H2. The first-order valence-electron chi connectivity index (χ1n) is 4.76. The van der Waals surface area contributed by atoms with Gasteiger partial charge in [-0.05, 0) is 37.3 Å². The van der Waals surface area contributed by atoms with Crippen molar-refractivity contribution in [2.75, 3.05) is 0 Å². The van der Waals surface area contributed by atoms with E-state index in [0.717, 1.165) is 31.3 Å². The third-order valence-electron chi connectivity index (χ3n) is 2.24. The van der Waals surface area contributed by atoms with E-state index in [4.69, 9.17) is 11.2 Å². The van der Waals surface area contributed by atoms with Gasteiger partial charge in [0.1, 0.15) is 6.10 Å². The molecule has 14 heavy (non-hydrogen) atoms. The maximum atomic E-state index is 10.9. The zero-order chi connectivity index (χ0) is 10.4. The summed E-state index contributed by atoms with van der Waals surface area (Å²) in [5.41, 5.74) is 1.14. The summed E-state index contributed by atoms with van der Waals surface area (Å²) in [5, 5.41) is 0. The smallest absolute Gasteiger partial charge is 0.384 e. The van der Waals surface area contributed by atoms with E-state index in [0.29, 0.717) is 0 Å². The first-order valence-corrected chi connectivity index (χ1v) is 4.76. The van der Waals surface area contributed by atoms with Gasteiger partial charge in [-0.25, -0.2) is 4.79 Å². The van der Waals surface area contributed by atoms with Crippen molar-refractivity contribution >= 4 is 5.97 Å². The van der Waals surface area contributed by atoms with Crippen molar-refractivity contribution in [1.82, 2.24) is 0 Å². The van der Waals surface area contributed by atoms with Crippen LogP contribution in [0.25, 0.3) is 0 Å². The number of hydrogen-bond donors (Lipinski definition) is 0. The summed E-state index contributed by atoms with van der Waals surface area (Å²) in [5.74, 6) is 1.36. The van der Waals surface area contributed by atoms with Gasteiger partial charge in [-0.3, -0.25) is 0 Å². The molecule has 2 nitrogen and oxygen atoms in total. The van der Waals surface area contributed by atoms with Crippen LogP contribution in [0.4, 0.5) is 0 Å². The Balaban J connectivity index is 2.62. The molecule has 0 aromatic carbocycles. The van der Waals surface area contributed by atoms with Crippen LogP contribution < -0.4 is 0 Å². The first kappa shape index (κ1) is 10.6. The van der Waals surface area contributed by atoms with Crippen LogP contribution in [-0.4, -0.2) is 12.1 Å². The topological polar surface area (TPSA) is 26.3 Å². The summed E-state index contributed by atoms with van der Waals surface area (Å²) in [7, 11) is 0. The minimum Gasteiger partial charge on any atom is -0.449 e. The fourth-order valence-electron chi connectivity index (χ4n) is 1.51. The molecule has 0 aliphatic heterocycles. The average Bonchev–Trinajstić information content (AvgIpc) is 2.42. The summed E-state index contributed by atoms with van der Waals surface area (Å²) in [6.45, 7) is 3.71. The van der Waals surface area contributed by atoms with Crippen molar-refractivity contribution in [3.05, 3.63) is 24.3 Å². The van der Waals surface area contributed by atoms with Gasteiger partial charge in [-0.2, -0.15) is 0 Å². The molecule has 1 atom stereocenters. The lowest BCUT2D eigenvalue weighted by Crippen LogP contribution is -2.14. The number of allylic oxidation sites excluding steroid dienone is 2. The molecule has 0 aromatic rings. The van der Waals surface area contributed by atoms with Crippen LogP contribution in [0.3, 0.4) is 0 Å². The maximum absolute atomic E-state index is 10.9. The molecule has 0 heterocycles. The Labute approximate surface area is 84.6 Å². The molecule has 1 unspecified atom stereocenters. The van der Waals surface area contributed by atoms with Gasteiger partial charge in [0.05, 0.1) is 0 Å². The van der Waals surface area contributed by atoms with Gasteiger partial charge in [0.25, 0.3) is 0 Å². The number of rotatable bonds is 2. The molecule has 0 N–H and O–H groups in total. The Hall–Kier alpha value is -1.49. The number of esters is 1. The minimum atomic E-state index is -0.587.